The molecule has 22 nitrogen and oxygen atoms in total. The van der Waals surface area contributed by atoms with Crippen LogP contribution in [0.25, 0.3) is 0 Å². The summed E-state index contributed by atoms with van der Waals surface area (Å²) in [5.74, 6) is 0. The number of hydrogen-bond acceptors (Lipinski definition) is 21. The van der Waals surface area contributed by atoms with Crippen LogP contribution < -0.4 is 4.89 Å². The molecule has 0 amide bonds. The Morgan fingerprint density at radius 1 is 0.500 bits per heavy atom. The minimum Gasteiger partial charge on any atom is -0.756 e. The average Bonchev–Trinajstić information content (AvgIpc) is 3.47. The van der Waals surface area contributed by atoms with Crippen LogP contribution in [-0.2, 0) is 117 Å². The molecule has 1 N–H and O–H groups in total. The van der Waals surface area contributed by atoms with Crippen molar-refractivity contribution in [2.75, 3.05) is 14.2 Å². The fourth-order valence-electron chi connectivity index (χ4n) is 6.33. The van der Waals surface area contributed by atoms with Crippen molar-refractivity contribution < 1.29 is 100 Å². The Balaban J connectivity index is 1.39. The molecular weight excluding hydrogens is 970 g/mol. The summed E-state index contributed by atoms with van der Waals surface area (Å²) in [5.41, 5.74) is 1.78. The number of benzene rings is 4. The molecule has 2 heterocycles. The molecule has 3 fully saturated rings. The van der Waals surface area contributed by atoms with Gasteiger partial charge in [-0.3, -0.25) is 54.3 Å². The molecule has 0 radical (unpaired) electrons. The summed E-state index contributed by atoms with van der Waals surface area (Å²) in [4.78, 5) is 24.5. The van der Waals surface area contributed by atoms with E-state index in [0.717, 1.165) is 14.2 Å². The molecule has 7 rings (SSSR count). The summed E-state index contributed by atoms with van der Waals surface area (Å²) in [6.07, 6.45) is -14.3. The Labute approximate surface area is 366 Å². The second kappa shape index (κ2) is 20.9. The summed E-state index contributed by atoms with van der Waals surface area (Å²) in [6.45, 7) is -1.88. The van der Waals surface area contributed by atoms with Gasteiger partial charge in [-0.1, -0.05) is 121 Å². The van der Waals surface area contributed by atoms with Gasteiger partial charge >= 0.3 is 39.1 Å². The first-order chi connectivity index (χ1) is 30.4. The van der Waals surface area contributed by atoms with Gasteiger partial charge in [0.1, 0.15) is 36.6 Å². The van der Waals surface area contributed by atoms with Crippen LogP contribution in [-0.4, -0.2) is 55.7 Å². The van der Waals surface area contributed by atoms with Crippen LogP contribution in [0.1, 0.15) is 22.3 Å². The zero-order chi connectivity index (χ0) is 45.6. The van der Waals surface area contributed by atoms with Gasteiger partial charge < -0.3 is 14.3 Å². The van der Waals surface area contributed by atoms with Crippen LogP contribution in [0.15, 0.2) is 121 Å². The first-order valence-corrected chi connectivity index (χ1v) is 27.6. The largest absolute Gasteiger partial charge is 0.756 e. The Bertz CT molecular complexity index is 2200. The molecule has 2 aliphatic heterocycles. The second-order valence-corrected chi connectivity index (χ2v) is 23.4. The Kier molecular flexibility index (Phi) is 16.1. The van der Waals surface area contributed by atoms with Crippen LogP contribution in [0.2, 0.25) is 0 Å². The van der Waals surface area contributed by atoms with Crippen molar-refractivity contribution in [3.63, 3.8) is 0 Å². The van der Waals surface area contributed by atoms with E-state index < -0.39 is 110 Å². The fraction of sp³-hybridized carbons (Fsp3) is 0.333. The average molecular weight is 1010 g/mol. The van der Waals surface area contributed by atoms with Crippen LogP contribution >= 0.6 is 46.9 Å². The maximum atomic E-state index is 15.1. The number of phosphoric ester groups is 6. The van der Waals surface area contributed by atoms with Crippen molar-refractivity contribution >= 4 is 46.9 Å². The molecule has 10 unspecified atom stereocenters. The van der Waals surface area contributed by atoms with Gasteiger partial charge in [0, 0.05) is 14.2 Å². The molecule has 1 saturated carbocycles. The molecule has 0 bridgehead atoms. The van der Waals surface area contributed by atoms with Crippen molar-refractivity contribution in [2.24, 2.45) is 0 Å². The van der Waals surface area contributed by atoms with Gasteiger partial charge in [0.25, 0.3) is 7.82 Å². The molecule has 1 aliphatic carbocycles. The van der Waals surface area contributed by atoms with E-state index in [2.05, 4.69) is 4.31 Å². The standard InChI is InChI=1S/C36H42O22P6/c1-45-61(41)53-33-31(51-59(37,38)57-61)35(55-63(43,47-23-27-15-7-3-8-16-27)48-24-28-17-9-4-10-18-28)36(32-34(33)54-62(42,46-2)58-60(39,40)52-32)56-64(44,49-25-29-19-11-5-12-20-29)50-26-30-21-13-6-14-22-30/h3-22,31-36H,23-26H2,1-2H3,(H,37,38)(H,39,40)/p-1. The second-order valence-electron chi connectivity index (χ2n) is 13.7. The molecule has 0 aromatic heterocycles. The summed E-state index contributed by atoms with van der Waals surface area (Å²) in [6, 6.07) is 32.9. The Morgan fingerprint density at radius 3 is 1.14 bits per heavy atom. The predicted octanol–water partition coefficient (Wildman–Crippen LogP) is 8.53. The monoisotopic (exact) mass is 1010 g/mol. The summed E-state index contributed by atoms with van der Waals surface area (Å²) < 4.78 is 162. The van der Waals surface area contributed by atoms with Crippen LogP contribution in [0.4, 0.5) is 0 Å². The molecule has 10 atom stereocenters. The highest BCUT2D eigenvalue weighted by Gasteiger charge is 2.67. The quantitative estimate of drug-likeness (QED) is 0.0914. The zero-order valence-electron chi connectivity index (χ0n) is 33.5. The Hall–Kier alpha value is -2.38. The van der Waals surface area contributed by atoms with Gasteiger partial charge in [0.05, 0.1) is 26.4 Å². The topological polar surface area (TPSA) is 275 Å². The number of rotatable bonds is 18. The molecule has 348 valence electrons. The highest BCUT2D eigenvalue weighted by atomic mass is 31.3. The molecular formula is C36H41O22P6-. The normalized spacial score (nSPS) is 32.1. The summed E-state index contributed by atoms with van der Waals surface area (Å²) in [7, 11) is -31.1. The van der Waals surface area contributed by atoms with Crippen molar-refractivity contribution in [1.29, 1.82) is 0 Å². The molecule has 4 aromatic carbocycles. The number of fused-ring (bicyclic) bond motifs is 3. The van der Waals surface area contributed by atoms with Gasteiger partial charge in [0.15, 0.2) is 0 Å². The zero-order valence-corrected chi connectivity index (χ0v) is 38.9. The van der Waals surface area contributed by atoms with E-state index >= 15 is 9.13 Å². The maximum Gasteiger partial charge on any atom is 0.483 e. The third-order valence-corrected chi connectivity index (χ3v) is 18.2. The lowest BCUT2D eigenvalue weighted by Crippen LogP contribution is -2.66. The minimum atomic E-state index is -5.93. The lowest BCUT2D eigenvalue weighted by atomic mass is 9.85. The van der Waals surface area contributed by atoms with E-state index in [-0.39, 0.29) is 0 Å². The van der Waals surface area contributed by atoms with E-state index in [1.54, 1.807) is 121 Å². The van der Waals surface area contributed by atoms with Crippen molar-refractivity contribution in [3.8, 4) is 0 Å². The van der Waals surface area contributed by atoms with E-state index in [9.17, 15) is 28.0 Å². The first kappa shape index (κ1) is 49.5. The molecule has 2 saturated heterocycles. The lowest BCUT2D eigenvalue weighted by molar-refractivity contribution is -0.238. The number of phosphoric acid groups is 6. The van der Waals surface area contributed by atoms with E-state index in [4.69, 9.17) is 58.6 Å². The van der Waals surface area contributed by atoms with E-state index in [1.807, 2.05) is 0 Å². The van der Waals surface area contributed by atoms with E-state index in [1.165, 1.54) is 0 Å². The highest BCUT2D eigenvalue weighted by molar-refractivity contribution is 7.62. The number of hydrogen-bond donors (Lipinski definition) is 1. The molecule has 0 spiro atoms. The fourth-order valence-corrected chi connectivity index (χ4v) is 14.5. The van der Waals surface area contributed by atoms with Gasteiger partial charge in [-0.15, -0.1) is 0 Å². The van der Waals surface area contributed by atoms with E-state index in [0.29, 0.717) is 22.3 Å². The smallest absolute Gasteiger partial charge is 0.483 e. The minimum absolute atomic E-state index is 0.443. The molecule has 28 heteroatoms. The molecule has 4 aromatic rings. The van der Waals surface area contributed by atoms with Crippen LogP contribution in [0.3, 0.4) is 0 Å². The highest BCUT2D eigenvalue weighted by Crippen LogP contribution is 2.72. The molecule has 64 heavy (non-hydrogen) atoms. The van der Waals surface area contributed by atoms with Crippen molar-refractivity contribution in [2.45, 2.75) is 63.1 Å². The SMILES string of the molecule is COP1(=O)OC2C(OP(=O)([O-])O1)C(OP(=O)(OCc1ccccc1)OCc1ccccc1)C(OP(=O)(OCc1ccccc1)OCc1ccccc1)C1OP(=O)(O)OP(=O)(OC)OC12. The first-order valence-electron chi connectivity index (χ1n) is 18.8. The van der Waals surface area contributed by atoms with Crippen LogP contribution in [0, 0.1) is 0 Å². The summed E-state index contributed by atoms with van der Waals surface area (Å²) in [5, 5.41) is 0. The third kappa shape index (κ3) is 13.0. The lowest BCUT2D eigenvalue weighted by Gasteiger charge is -2.47. The van der Waals surface area contributed by atoms with Crippen molar-refractivity contribution in [1.82, 2.24) is 0 Å². The van der Waals surface area contributed by atoms with Gasteiger partial charge in [-0.25, -0.2) is 27.1 Å². The van der Waals surface area contributed by atoms with Crippen molar-refractivity contribution in [3.05, 3.63) is 144 Å². The third-order valence-electron chi connectivity index (χ3n) is 9.23. The Morgan fingerprint density at radius 2 is 0.812 bits per heavy atom. The van der Waals surface area contributed by atoms with Gasteiger partial charge in [-0.05, 0) is 22.3 Å². The van der Waals surface area contributed by atoms with Gasteiger partial charge in [-0.2, -0.15) is 4.31 Å². The maximum absolute atomic E-state index is 15.1. The summed E-state index contributed by atoms with van der Waals surface area (Å²) >= 11 is 0. The molecule has 3 aliphatic rings. The predicted molar refractivity (Wildman–Crippen MR) is 218 cm³/mol. The van der Waals surface area contributed by atoms with Crippen LogP contribution in [0.5, 0.6) is 0 Å². The van der Waals surface area contributed by atoms with Gasteiger partial charge in [0.2, 0.25) is 0 Å².